The maximum Gasteiger partial charge on any atom is 0.115 e. The van der Waals surface area contributed by atoms with E-state index in [9.17, 15) is 0 Å². The van der Waals surface area contributed by atoms with Crippen LogP contribution < -0.4 is 0 Å². The predicted molar refractivity (Wildman–Crippen MR) is 67.4 cm³/mol. The van der Waals surface area contributed by atoms with Crippen molar-refractivity contribution in [3.63, 3.8) is 0 Å². The van der Waals surface area contributed by atoms with Crippen LogP contribution in [-0.4, -0.2) is 23.9 Å². The average Bonchev–Trinajstić information content (AvgIpc) is 2.98. The Hall–Kier alpha value is -0.600. The highest BCUT2D eigenvalue weighted by molar-refractivity contribution is 5.03. The molecule has 1 aliphatic heterocycles. The summed E-state index contributed by atoms with van der Waals surface area (Å²) in [6, 6.07) is 0. The van der Waals surface area contributed by atoms with Crippen LogP contribution >= 0.6 is 0 Å². The lowest BCUT2D eigenvalue weighted by Crippen LogP contribution is -2.15. The van der Waals surface area contributed by atoms with E-state index in [1.807, 2.05) is 0 Å². The molecule has 16 heavy (non-hydrogen) atoms. The van der Waals surface area contributed by atoms with Gasteiger partial charge in [-0.25, -0.2) is 0 Å². The summed E-state index contributed by atoms with van der Waals surface area (Å²) >= 11 is 0. The Labute approximate surface area is 99.0 Å². The van der Waals surface area contributed by atoms with Crippen LogP contribution in [0, 0.1) is 0 Å². The van der Waals surface area contributed by atoms with Crippen LogP contribution in [0.4, 0.5) is 0 Å². The monoisotopic (exact) mass is 224 g/mol. The molecule has 1 atom stereocenters. The molecule has 1 unspecified atom stereocenters. The zero-order chi connectivity index (χ0) is 12.0. The predicted octanol–water partition coefficient (Wildman–Crippen LogP) is 3.22. The topological polar surface area (TPSA) is 32.8 Å². The van der Waals surface area contributed by atoms with Gasteiger partial charge in [-0.1, -0.05) is 23.3 Å². The molecule has 0 radical (unpaired) electrons. The third kappa shape index (κ3) is 4.95. The lowest BCUT2D eigenvalue weighted by molar-refractivity contribution is 0.165. The van der Waals surface area contributed by atoms with Crippen molar-refractivity contribution in [1.29, 1.82) is 0 Å². The fourth-order valence-corrected chi connectivity index (χ4v) is 1.69. The van der Waals surface area contributed by atoms with Gasteiger partial charge in [-0.15, -0.1) is 0 Å². The SMILES string of the molecule is CC(C)=CCC/C(C)=C/CCC1(CO)CO1. The van der Waals surface area contributed by atoms with Gasteiger partial charge < -0.3 is 9.84 Å². The van der Waals surface area contributed by atoms with E-state index in [0.29, 0.717) is 0 Å². The lowest BCUT2D eigenvalue weighted by Gasteiger charge is -2.05. The summed E-state index contributed by atoms with van der Waals surface area (Å²) < 4.78 is 5.25. The number of allylic oxidation sites excluding steroid dienone is 4. The van der Waals surface area contributed by atoms with Gasteiger partial charge in [0.2, 0.25) is 0 Å². The number of hydrogen-bond acceptors (Lipinski definition) is 2. The fraction of sp³-hybridized carbons (Fsp3) is 0.714. The van der Waals surface area contributed by atoms with Crippen molar-refractivity contribution in [1.82, 2.24) is 0 Å². The van der Waals surface area contributed by atoms with E-state index >= 15 is 0 Å². The minimum atomic E-state index is -0.184. The number of aliphatic hydroxyl groups excluding tert-OH is 1. The molecule has 92 valence electrons. The summed E-state index contributed by atoms with van der Waals surface area (Å²) in [5.41, 5.74) is 2.64. The number of epoxide rings is 1. The summed E-state index contributed by atoms with van der Waals surface area (Å²) in [4.78, 5) is 0. The van der Waals surface area contributed by atoms with E-state index in [-0.39, 0.29) is 12.2 Å². The first-order valence-corrected chi connectivity index (χ1v) is 6.12. The Bertz CT molecular complexity index is 268. The van der Waals surface area contributed by atoms with Gasteiger partial charge in [0.25, 0.3) is 0 Å². The molecule has 0 aromatic carbocycles. The van der Waals surface area contributed by atoms with E-state index in [4.69, 9.17) is 9.84 Å². The van der Waals surface area contributed by atoms with Crippen molar-refractivity contribution in [3.05, 3.63) is 23.3 Å². The van der Waals surface area contributed by atoms with Gasteiger partial charge in [0.1, 0.15) is 5.60 Å². The zero-order valence-electron chi connectivity index (χ0n) is 10.8. The third-order valence-electron chi connectivity index (χ3n) is 3.02. The molecule has 0 saturated carbocycles. The van der Waals surface area contributed by atoms with Crippen molar-refractivity contribution in [3.8, 4) is 0 Å². The largest absolute Gasteiger partial charge is 0.393 e. The van der Waals surface area contributed by atoms with Gasteiger partial charge in [0, 0.05) is 0 Å². The van der Waals surface area contributed by atoms with Crippen LogP contribution in [0.3, 0.4) is 0 Å². The van der Waals surface area contributed by atoms with Gasteiger partial charge in [0.05, 0.1) is 13.2 Å². The Morgan fingerprint density at radius 2 is 1.94 bits per heavy atom. The summed E-state index contributed by atoms with van der Waals surface area (Å²) in [7, 11) is 0. The zero-order valence-corrected chi connectivity index (χ0v) is 10.8. The van der Waals surface area contributed by atoms with Crippen molar-refractivity contribution in [2.24, 2.45) is 0 Å². The first kappa shape index (κ1) is 13.5. The Balaban J connectivity index is 2.16. The van der Waals surface area contributed by atoms with Gasteiger partial charge in [0.15, 0.2) is 0 Å². The van der Waals surface area contributed by atoms with Crippen LogP contribution in [0.15, 0.2) is 23.3 Å². The summed E-state index contributed by atoms with van der Waals surface area (Å²) in [5, 5.41) is 9.07. The second-order valence-corrected chi connectivity index (χ2v) is 5.04. The van der Waals surface area contributed by atoms with E-state index in [1.165, 1.54) is 11.1 Å². The number of rotatable bonds is 7. The van der Waals surface area contributed by atoms with Gasteiger partial charge in [-0.2, -0.15) is 0 Å². The van der Waals surface area contributed by atoms with Crippen molar-refractivity contribution < 1.29 is 9.84 Å². The second kappa shape index (κ2) is 6.21. The van der Waals surface area contributed by atoms with Crippen LogP contribution in [0.25, 0.3) is 0 Å². The maximum absolute atomic E-state index is 9.07. The summed E-state index contributed by atoms with van der Waals surface area (Å²) in [6.07, 6.45) is 8.78. The molecule has 0 aromatic rings. The molecule has 1 aliphatic rings. The third-order valence-corrected chi connectivity index (χ3v) is 3.02. The molecule has 1 rings (SSSR count). The minimum Gasteiger partial charge on any atom is -0.393 e. The van der Waals surface area contributed by atoms with E-state index in [1.54, 1.807) is 0 Å². The summed E-state index contributed by atoms with van der Waals surface area (Å²) in [5.74, 6) is 0. The van der Waals surface area contributed by atoms with Crippen LogP contribution in [-0.2, 0) is 4.74 Å². The van der Waals surface area contributed by atoms with E-state index in [0.717, 1.165) is 32.3 Å². The maximum atomic E-state index is 9.07. The molecule has 0 aromatic heterocycles. The number of aliphatic hydroxyl groups is 1. The molecular formula is C14H24O2. The highest BCUT2D eigenvalue weighted by Crippen LogP contribution is 2.31. The average molecular weight is 224 g/mol. The molecular weight excluding hydrogens is 200 g/mol. The highest BCUT2D eigenvalue weighted by Gasteiger charge is 2.42. The lowest BCUT2D eigenvalue weighted by atomic mass is 10.0. The smallest absolute Gasteiger partial charge is 0.115 e. The van der Waals surface area contributed by atoms with Crippen LogP contribution in [0.5, 0.6) is 0 Å². The quantitative estimate of drug-likeness (QED) is 0.532. The van der Waals surface area contributed by atoms with Crippen molar-refractivity contribution in [2.75, 3.05) is 13.2 Å². The summed E-state index contributed by atoms with van der Waals surface area (Å²) in [6.45, 7) is 7.34. The van der Waals surface area contributed by atoms with Crippen LogP contribution in [0.1, 0.15) is 46.5 Å². The Morgan fingerprint density at radius 1 is 1.25 bits per heavy atom. The molecule has 2 heteroatoms. The molecule has 0 bridgehead atoms. The normalized spacial score (nSPS) is 24.4. The molecule has 1 fully saturated rings. The highest BCUT2D eigenvalue weighted by atomic mass is 16.6. The van der Waals surface area contributed by atoms with Crippen molar-refractivity contribution in [2.45, 2.75) is 52.1 Å². The van der Waals surface area contributed by atoms with Crippen molar-refractivity contribution >= 4 is 0 Å². The van der Waals surface area contributed by atoms with Gasteiger partial charge >= 0.3 is 0 Å². The van der Waals surface area contributed by atoms with E-state index in [2.05, 4.69) is 32.9 Å². The number of ether oxygens (including phenoxy) is 1. The first-order chi connectivity index (χ1) is 7.58. The molecule has 0 spiro atoms. The fourth-order valence-electron chi connectivity index (χ4n) is 1.69. The van der Waals surface area contributed by atoms with Gasteiger partial charge in [-0.3, -0.25) is 0 Å². The van der Waals surface area contributed by atoms with Crippen LogP contribution in [0.2, 0.25) is 0 Å². The molecule has 1 N–H and O–H groups in total. The Morgan fingerprint density at radius 3 is 2.44 bits per heavy atom. The first-order valence-electron chi connectivity index (χ1n) is 6.12. The Kier molecular flexibility index (Phi) is 5.23. The molecule has 1 heterocycles. The standard InChI is InChI=1S/C14H24O2/c1-12(2)6-4-7-13(3)8-5-9-14(10-15)11-16-14/h6,8,15H,4-5,7,9-11H2,1-3H3/b13-8+. The molecule has 1 saturated heterocycles. The minimum absolute atomic E-state index is 0.164. The number of hydrogen-bond donors (Lipinski definition) is 1. The molecule has 0 aliphatic carbocycles. The molecule has 0 amide bonds. The van der Waals surface area contributed by atoms with E-state index < -0.39 is 0 Å². The molecule has 2 nitrogen and oxygen atoms in total. The van der Waals surface area contributed by atoms with Gasteiger partial charge in [-0.05, 0) is 46.5 Å². The second-order valence-electron chi connectivity index (χ2n) is 5.04.